The van der Waals surface area contributed by atoms with Crippen LogP contribution in [0.2, 0.25) is 0 Å². The Bertz CT molecular complexity index is 1540. The Morgan fingerprint density at radius 2 is 1.89 bits per heavy atom. The molecule has 1 fully saturated rings. The summed E-state index contributed by atoms with van der Waals surface area (Å²) in [5, 5.41) is 23.7. The minimum atomic E-state index is -3.25. The van der Waals surface area contributed by atoms with Gasteiger partial charge in [0, 0.05) is 29.9 Å². The number of aromatic nitrogens is 3. The fraction of sp³-hybridized carbons (Fsp3) is 0.261. The molecule has 0 atom stereocenters. The third-order valence-corrected chi connectivity index (χ3v) is 7.51. The van der Waals surface area contributed by atoms with Crippen LogP contribution in [0.3, 0.4) is 0 Å². The van der Waals surface area contributed by atoms with Crippen molar-refractivity contribution in [2.45, 2.75) is 18.9 Å². The van der Waals surface area contributed by atoms with Crippen LogP contribution in [-0.2, 0) is 10.0 Å². The highest BCUT2D eigenvalue weighted by Crippen LogP contribution is 2.36. The fourth-order valence-corrected chi connectivity index (χ4v) is 5.34. The molecular formula is C23H22F2N6O3S. The number of nitrogens with one attached hydrogen (secondary N) is 2. The van der Waals surface area contributed by atoms with E-state index >= 15 is 0 Å². The first-order valence-corrected chi connectivity index (χ1v) is 12.8. The van der Waals surface area contributed by atoms with Gasteiger partial charge in [-0.3, -0.25) is 5.10 Å². The first-order chi connectivity index (χ1) is 16.8. The number of fused-ring (bicyclic) bond motifs is 3. The van der Waals surface area contributed by atoms with Crippen LogP contribution in [0.4, 0.5) is 14.6 Å². The molecular weight excluding hydrogens is 478 g/mol. The van der Waals surface area contributed by atoms with E-state index in [2.05, 4.69) is 25.7 Å². The molecule has 35 heavy (non-hydrogen) atoms. The summed E-state index contributed by atoms with van der Waals surface area (Å²) in [6, 6.07) is 8.65. The Kier molecular flexibility index (Phi) is 5.85. The van der Waals surface area contributed by atoms with E-state index in [1.165, 1.54) is 35.0 Å². The van der Waals surface area contributed by atoms with Gasteiger partial charge in [-0.05, 0) is 36.6 Å². The molecule has 1 aliphatic heterocycles. The molecule has 1 saturated heterocycles. The van der Waals surface area contributed by atoms with Crippen molar-refractivity contribution < 1.29 is 22.4 Å². The second-order valence-electron chi connectivity index (χ2n) is 8.48. The quantitative estimate of drug-likeness (QED) is 0.218. The number of oxime groups is 1. The lowest BCUT2D eigenvalue weighted by molar-refractivity contribution is 0.322. The topological polar surface area (TPSA) is 124 Å². The van der Waals surface area contributed by atoms with E-state index in [4.69, 9.17) is 5.21 Å². The van der Waals surface area contributed by atoms with Crippen LogP contribution in [0.1, 0.15) is 18.4 Å². The average molecular weight is 501 g/mol. The van der Waals surface area contributed by atoms with E-state index in [1.54, 1.807) is 18.2 Å². The van der Waals surface area contributed by atoms with Crippen LogP contribution in [0.5, 0.6) is 0 Å². The maximum absolute atomic E-state index is 14.8. The molecule has 3 N–H and O–H groups in total. The van der Waals surface area contributed by atoms with Crippen molar-refractivity contribution in [1.82, 2.24) is 19.5 Å². The Morgan fingerprint density at radius 1 is 1.17 bits per heavy atom. The van der Waals surface area contributed by atoms with E-state index in [-0.39, 0.29) is 17.3 Å². The number of aromatic amines is 1. The lowest BCUT2D eigenvalue weighted by Gasteiger charge is -2.30. The van der Waals surface area contributed by atoms with Crippen LogP contribution in [0, 0.1) is 11.6 Å². The van der Waals surface area contributed by atoms with E-state index in [9.17, 15) is 17.2 Å². The van der Waals surface area contributed by atoms with Gasteiger partial charge in [0.15, 0.2) is 5.82 Å². The number of sulfonamides is 1. The smallest absolute Gasteiger partial charge is 0.211 e. The highest BCUT2D eigenvalue weighted by molar-refractivity contribution is 7.88. The minimum Gasteiger partial charge on any atom is -0.411 e. The summed E-state index contributed by atoms with van der Waals surface area (Å²) in [6.07, 6.45) is 3.56. The number of piperidine rings is 1. The Balaban J connectivity index is 1.62. The predicted molar refractivity (Wildman–Crippen MR) is 129 cm³/mol. The zero-order valence-corrected chi connectivity index (χ0v) is 19.5. The lowest BCUT2D eigenvalue weighted by Crippen LogP contribution is -2.41. The molecule has 0 unspecified atom stereocenters. The normalized spacial score (nSPS) is 16.0. The molecule has 0 radical (unpaired) electrons. The molecule has 0 bridgehead atoms. The molecule has 0 aliphatic carbocycles. The first-order valence-electron chi connectivity index (χ1n) is 10.9. The average Bonchev–Trinajstić information content (AvgIpc) is 3.21. The first kappa shape index (κ1) is 23.1. The van der Waals surface area contributed by atoms with Crippen LogP contribution < -0.4 is 5.32 Å². The number of benzene rings is 2. The highest BCUT2D eigenvalue weighted by Gasteiger charge is 2.26. The molecule has 2 aromatic heterocycles. The third kappa shape index (κ3) is 4.30. The molecule has 182 valence electrons. The standard InChI is InChI=1S/C23H22F2N6O3S/c1-35(33,34)31-9-7-14(8-10-31)27-23-22-21(29-30-23)15-6-5-13(12-26-32)11-16(15)20(28-22)19-17(24)3-2-4-18(19)25/h2-6,11-12,14,32H,7-10H2,1H3,(H2,27,29,30). The van der Waals surface area contributed by atoms with Crippen molar-refractivity contribution in [3.63, 3.8) is 0 Å². The SMILES string of the molecule is CS(=O)(=O)N1CCC(Nc2n[nH]c3c2nc(-c2c(F)cccc2F)c2cc(C=NO)ccc23)CC1. The zero-order valence-electron chi connectivity index (χ0n) is 18.7. The van der Waals surface area contributed by atoms with E-state index in [0.29, 0.717) is 59.1 Å². The number of pyridine rings is 1. The Hall–Kier alpha value is -3.64. The summed E-state index contributed by atoms with van der Waals surface area (Å²) < 4.78 is 54.6. The van der Waals surface area contributed by atoms with Crippen LogP contribution in [0.25, 0.3) is 33.1 Å². The molecule has 5 rings (SSSR count). The second kappa shape index (κ2) is 8.86. The minimum absolute atomic E-state index is 0.0474. The van der Waals surface area contributed by atoms with Gasteiger partial charge in [-0.2, -0.15) is 5.10 Å². The number of halogens is 2. The van der Waals surface area contributed by atoms with Gasteiger partial charge < -0.3 is 10.5 Å². The summed E-state index contributed by atoms with van der Waals surface area (Å²) >= 11 is 0. The van der Waals surface area contributed by atoms with Crippen molar-refractivity contribution in [2.24, 2.45) is 5.16 Å². The summed E-state index contributed by atoms with van der Waals surface area (Å²) in [4.78, 5) is 4.63. The van der Waals surface area contributed by atoms with E-state index in [0.717, 1.165) is 0 Å². The van der Waals surface area contributed by atoms with Crippen molar-refractivity contribution in [3.8, 4) is 11.3 Å². The molecule has 4 aromatic rings. The van der Waals surface area contributed by atoms with E-state index < -0.39 is 21.7 Å². The second-order valence-corrected chi connectivity index (χ2v) is 10.5. The van der Waals surface area contributed by atoms with E-state index in [1.807, 2.05) is 0 Å². The maximum atomic E-state index is 14.8. The zero-order chi connectivity index (χ0) is 24.7. The number of nitrogens with zero attached hydrogens (tertiary/aromatic N) is 4. The lowest BCUT2D eigenvalue weighted by atomic mass is 10.00. The summed E-state index contributed by atoms with van der Waals surface area (Å²) in [7, 11) is -3.25. The highest BCUT2D eigenvalue weighted by atomic mass is 32.2. The van der Waals surface area contributed by atoms with Crippen LogP contribution in [-0.4, -0.2) is 64.7 Å². The molecule has 0 spiro atoms. The van der Waals surface area contributed by atoms with Gasteiger partial charge in [-0.25, -0.2) is 26.5 Å². The van der Waals surface area contributed by atoms with Gasteiger partial charge in [-0.1, -0.05) is 23.4 Å². The molecule has 3 heterocycles. The molecule has 0 saturated carbocycles. The van der Waals surface area contributed by atoms with Crippen LogP contribution in [0.15, 0.2) is 41.6 Å². The summed E-state index contributed by atoms with van der Waals surface area (Å²) in [5.74, 6) is -1.10. The largest absolute Gasteiger partial charge is 0.411 e. The number of H-pyrrole nitrogens is 1. The fourth-order valence-electron chi connectivity index (χ4n) is 4.47. The molecule has 12 heteroatoms. The predicted octanol–water partition coefficient (Wildman–Crippen LogP) is 3.70. The Morgan fingerprint density at radius 3 is 2.54 bits per heavy atom. The Labute approximate surface area is 199 Å². The molecule has 0 amide bonds. The van der Waals surface area contributed by atoms with Crippen molar-refractivity contribution in [3.05, 3.63) is 53.6 Å². The van der Waals surface area contributed by atoms with Gasteiger partial charge in [0.1, 0.15) is 17.2 Å². The van der Waals surface area contributed by atoms with Gasteiger partial charge in [0.25, 0.3) is 0 Å². The van der Waals surface area contributed by atoms with Gasteiger partial charge in [0.2, 0.25) is 10.0 Å². The maximum Gasteiger partial charge on any atom is 0.211 e. The van der Waals surface area contributed by atoms with Gasteiger partial charge >= 0.3 is 0 Å². The molecule has 2 aromatic carbocycles. The van der Waals surface area contributed by atoms with Gasteiger partial charge in [0.05, 0.1) is 29.2 Å². The van der Waals surface area contributed by atoms with Gasteiger partial charge in [-0.15, -0.1) is 0 Å². The van der Waals surface area contributed by atoms with Crippen LogP contribution >= 0.6 is 0 Å². The summed E-state index contributed by atoms with van der Waals surface area (Å²) in [5.41, 5.74) is 1.32. The summed E-state index contributed by atoms with van der Waals surface area (Å²) in [6.45, 7) is 0.770. The van der Waals surface area contributed by atoms with Crippen molar-refractivity contribution in [1.29, 1.82) is 0 Å². The number of hydrogen-bond donors (Lipinski definition) is 3. The molecule has 9 nitrogen and oxygen atoms in total. The number of hydrogen-bond acceptors (Lipinski definition) is 7. The number of anilines is 1. The number of rotatable bonds is 5. The van der Waals surface area contributed by atoms with Crippen molar-refractivity contribution in [2.75, 3.05) is 24.7 Å². The monoisotopic (exact) mass is 500 g/mol. The van der Waals surface area contributed by atoms with Crippen molar-refractivity contribution >= 4 is 43.9 Å². The molecule has 1 aliphatic rings. The third-order valence-electron chi connectivity index (χ3n) is 6.20.